The van der Waals surface area contributed by atoms with Gasteiger partial charge in [-0.2, -0.15) is 13.2 Å². The third kappa shape index (κ3) is 2.05. The molecule has 1 aromatic rings. The molecule has 0 saturated heterocycles. The van der Waals surface area contributed by atoms with Crippen molar-refractivity contribution >= 4 is 11.7 Å². The molecule has 6 heteroatoms. The number of hydrogen-bond donors (Lipinski definition) is 1. The molecule has 0 aliphatic carbocycles. The molecule has 1 atom stereocenters. The lowest BCUT2D eigenvalue weighted by atomic mass is 9.87. The summed E-state index contributed by atoms with van der Waals surface area (Å²) >= 11 is 0. The van der Waals surface area contributed by atoms with Gasteiger partial charge in [0.25, 0.3) is 0 Å². The SMILES string of the molecule is COC(=O)C1=CNc2ccccc2[C@H]1C(F)(F)F. The Morgan fingerprint density at radius 1 is 1.33 bits per heavy atom. The van der Waals surface area contributed by atoms with E-state index in [4.69, 9.17) is 0 Å². The number of carbonyl (C=O) groups excluding carboxylic acids is 1. The first-order valence-corrected chi connectivity index (χ1v) is 5.15. The van der Waals surface area contributed by atoms with Gasteiger partial charge in [0, 0.05) is 11.9 Å². The van der Waals surface area contributed by atoms with Gasteiger partial charge < -0.3 is 10.1 Å². The topological polar surface area (TPSA) is 38.3 Å². The van der Waals surface area contributed by atoms with Crippen LogP contribution in [0.25, 0.3) is 0 Å². The van der Waals surface area contributed by atoms with Crippen LogP contribution in [0.1, 0.15) is 11.5 Å². The van der Waals surface area contributed by atoms with Crippen LogP contribution in [0.2, 0.25) is 0 Å². The number of hydrogen-bond acceptors (Lipinski definition) is 3. The molecule has 0 aromatic heterocycles. The van der Waals surface area contributed by atoms with Gasteiger partial charge in [-0.05, 0) is 11.6 Å². The van der Waals surface area contributed by atoms with E-state index in [2.05, 4.69) is 10.1 Å². The smallest absolute Gasteiger partial charge is 0.400 e. The predicted molar refractivity (Wildman–Crippen MR) is 59.0 cm³/mol. The van der Waals surface area contributed by atoms with E-state index in [0.717, 1.165) is 13.3 Å². The molecule has 1 heterocycles. The van der Waals surface area contributed by atoms with Gasteiger partial charge in [0.2, 0.25) is 0 Å². The van der Waals surface area contributed by atoms with Crippen molar-refractivity contribution in [3.05, 3.63) is 41.6 Å². The number of fused-ring (bicyclic) bond motifs is 1. The summed E-state index contributed by atoms with van der Waals surface area (Å²) in [5, 5.41) is 2.67. The van der Waals surface area contributed by atoms with Crippen molar-refractivity contribution < 1.29 is 22.7 Å². The van der Waals surface area contributed by atoms with Crippen molar-refractivity contribution in [2.75, 3.05) is 12.4 Å². The number of ether oxygens (including phenoxy) is 1. The minimum Gasteiger partial charge on any atom is -0.466 e. The second-order valence-corrected chi connectivity index (χ2v) is 3.80. The van der Waals surface area contributed by atoms with E-state index in [9.17, 15) is 18.0 Å². The molecular formula is C12H10F3NO2. The number of benzene rings is 1. The van der Waals surface area contributed by atoms with Crippen LogP contribution in [0, 0.1) is 0 Å². The van der Waals surface area contributed by atoms with Crippen LogP contribution in [-0.4, -0.2) is 19.3 Å². The molecule has 1 aromatic carbocycles. The maximum atomic E-state index is 13.1. The first kappa shape index (κ1) is 12.5. The van der Waals surface area contributed by atoms with Crippen LogP contribution in [0.3, 0.4) is 0 Å². The van der Waals surface area contributed by atoms with Gasteiger partial charge in [-0.15, -0.1) is 0 Å². The van der Waals surface area contributed by atoms with Crippen molar-refractivity contribution in [3.8, 4) is 0 Å². The third-order valence-electron chi connectivity index (χ3n) is 2.71. The number of anilines is 1. The highest BCUT2D eigenvalue weighted by Gasteiger charge is 2.47. The van der Waals surface area contributed by atoms with E-state index < -0.39 is 23.6 Å². The second-order valence-electron chi connectivity index (χ2n) is 3.80. The molecule has 1 N–H and O–H groups in total. The van der Waals surface area contributed by atoms with Crippen LogP contribution in [0.15, 0.2) is 36.0 Å². The zero-order valence-corrected chi connectivity index (χ0v) is 9.41. The van der Waals surface area contributed by atoms with Gasteiger partial charge >= 0.3 is 12.1 Å². The molecule has 1 aliphatic heterocycles. The Morgan fingerprint density at radius 2 is 2.00 bits per heavy atom. The fourth-order valence-corrected chi connectivity index (χ4v) is 1.93. The number of methoxy groups -OCH3 is 1. The van der Waals surface area contributed by atoms with Gasteiger partial charge in [-0.3, -0.25) is 0 Å². The Morgan fingerprint density at radius 3 is 2.61 bits per heavy atom. The van der Waals surface area contributed by atoms with Crippen molar-refractivity contribution in [2.45, 2.75) is 12.1 Å². The van der Waals surface area contributed by atoms with E-state index in [1.807, 2.05) is 0 Å². The molecule has 2 rings (SSSR count). The van der Waals surface area contributed by atoms with Crippen molar-refractivity contribution in [2.24, 2.45) is 0 Å². The van der Waals surface area contributed by atoms with Crippen molar-refractivity contribution in [3.63, 3.8) is 0 Å². The van der Waals surface area contributed by atoms with E-state index >= 15 is 0 Å². The number of esters is 1. The Hall–Kier alpha value is -1.98. The number of rotatable bonds is 1. The second kappa shape index (κ2) is 4.36. The zero-order chi connectivity index (χ0) is 13.3. The van der Waals surface area contributed by atoms with Crippen LogP contribution < -0.4 is 5.32 Å². The lowest BCUT2D eigenvalue weighted by molar-refractivity contribution is -0.153. The van der Waals surface area contributed by atoms with Crippen LogP contribution in [0.5, 0.6) is 0 Å². The first-order chi connectivity index (χ1) is 8.45. The molecule has 0 radical (unpaired) electrons. The molecule has 18 heavy (non-hydrogen) atoms. The number of nitrogens with one attached hydrogen (secondary N) is 1. The lowest BCUT2D eigenvalue weighted by Gasteiger charge is -2.28. The summed E-state index contributed by atoms with van der Waals surface area (Å²) in [6, 6.07) is 5.99. The monoisotopic (exact) mass is 257 g/mol. The van der Waals surface area contributed by atoms with Gasteiger partial charge in [-0.25, -0.2) is 4.79 Å². The largest absolute Gasteiger partial charge is 0.466 e. The summed E-state index contributed by atoms with van der Waals surface area (Å²) in [5.74, 6) is -2.94. The quantitative estimate of drug-likeness (QED) is 0.786. The molecule has 3 nitrogen and oxygen atoms in total. The van der Waals surface area contributed by atoms with Gasteiger partial charge in [0.1, 0.15) is 5.92 Å². The summed E-state index contributed by atoms with van der Waals surface area (Å²) in [6.07, 6.45) is -3.50. The van der Waals surface area contributed by atoms with Crippen LogP contribution in [0.4, 0.5) is 18.9 Å². The molecule has 1 aliphatic rings. The maximum absolute atomic E-state index is 13.1. The van der Waals surface area contributed by atoms with Gasteiger partial charge in [0.15, 0.2) is 0 Å². The van der Waals surface area contributed by atoms with E-state index in [1.165, 1.54) is 18.2 Å². The van der Waals surface area contributed by atoms with Crippen LogP contribution in [-0.2, 0) is 9.53 Å². The normalized spacial score (nSPS) is 18.4. The van der Waals surface area contributed by atoms with Crippen molar-refractivity contribution in [1.29, 1.82) is 0 Å². The maximum Gasteiger partial charge on any atom is 0.400 e. The summed E-state index contributed by atoms with van der Waals surface area (Å²) < 4.78 is 43.7. The average Bonchev–Trinajstić information content (AvgIpc) is 2.35. The molecule has 0 fully saturated rings. The third-order valence-corrected chi connectivity index (χ3v) is 2.71. The fraction of sp³-hybridized carbons (Fsp3) is 0.250. The number of halogens is 3. The minimum atomic E-state index is -4.54. The Bertz CT molecular complexity index is 508. The van der Waals surface area contributed by atoms with Gasteiger partial charge in [0.05, 0.1) is 12.7 Å². The fourth-order valence-electron chi connectivity index (χ4n) is 1.93. The molecule has 0 bridgehead atoms. The lowest BCUT2D eigenvalue weighted by Crippen LogP contribution is -2.30. The highest BCUT2D eigenvalue weighted by molar-refractivity contribution is 5.92. The number of carbonyl (C=O) groups is 1. The molecular weight excluding hydrogens is 247 g/mol. The molecule has 0 saturated carbocycles. The summed E-state index contributed by atoms with van der Waals surface area (Å²) in [5.41, 5.74) is -0.0796. The van der Waals surface area contributed by atoms with E-state index in [0.29, 0.717) is 5.69 Å². The molecule has 0 unspecified atom stereocenters. The van der Waals surface area contributed by atoms with Gasteiger partial charge in [-0.1, -0.05) is 18.2 Å². The van der Waals surface area contributed by atoms with E-state index in [-0.39, 0.29) is 5.56 Å². The Kier molecular flexibility index (Phi) is 3.02. The number of alkyl halides is 3. The highest BCUT2D eigenvalue weighted by Crippen LogP contribution is 2.45. The Labute approximate surface area is 101 Å². The van der Waals surface area contributed by atoms with Crippen molar-refractivity contribution in [1.82, 2.24) is 0 Å². The highest BCUT2D eigenvalue weighted by atomic mass is 19.4. The average molecular weight is 257 g/mol. The first-order valence-electron chi connectivity index (χ1n) is 5.15. The Balaban J connectivity index is 2.53. The molecule has 0 spiro atoms. The molecule has 0 amide bonds. The zero-order valence-electron chi connectivity index (χ0n) is 9.41. The molecule has 96 valence electrons. The summed E-state index contributed by atoms with van der Waals surface area (Å²) in [6.45, 7) is 0. The standard InChI is InChI=1S/C12H10F3NO2/c1-18-11(17)8-6-16-9-5-3-2-4-7(9)10(8)12(13,14)15/h2-6,10,16H,1H3/t10-/m1/s1. The predicted octanol–water partition coefficient (Wildman–Crippen LogP) is 2.81. The van der Waals surface area contributed by atoms with E-state index in [1.54, 1.807) is 6.07 Å². The minimum absolute atomic E-state index is 0.0212. The number of para-hydroxylation sites is 1. The summed E-state index contributed by atoms with van der Waals surface area (Å²) in [4.78, 5) is 11.4. The summed E-state index contributed by atoms with van der Waals surface area (Å²) in [7, 11) is 1.05. The van der Waals surface area contributed by atoms with Crippen LogP contribution >= 0.6 is 0 Å².